The van der Waals surface area contributed by atoms with Gasteiger partial charge < -0.3 is 0 Å². The summed E-state index contributed by atoms with van der Waals surface area (Å²) in [6, 6.07) is 0.834. The number of nitro groups is 1. The summed E-state index contributed by atoms with van der Waals surface area (Å²) in [6.07, 6.45) is -4.99. The van der Waals surface area contributed by atoms with Gasteiger partial charge in [-0.15, -0.1) is 0 Å². The lowest BCUT2D eigenvalue weighted by molar-refractivity contribution is -0.389. The Morgan fingerprint density at radius 1 is 1.33 bits per heavy atom. The lowest BCUT2D eigenvalue weighted by atomic mass is 10.2. The quantitative estimate of drug-likeness (QED) is 0.456. The summed E-state index contributed by atoms with van der Waals surface area (Å²) in [5, 5.41) is 10.6. The molecule has 0 atom stereocenters. The molecule has 0 aliphatic carbocycles. The van der Waals surface area contributed by atoms with Crippen molar-refractivity contribution in [1.29, 1.82) is 0 Å². The summed E-state index contributed by atoms with van der Waals surface area (Å²) in [4.78, 5) is 8.47. The van der Waals surface area contributed by atoms with E-state index in [1.54, 1.807) is 0 Å². The van der Waals surface area contributed by atoms with Gasteiger partial charge in [-0.25, -0.2) is 8.42 Å². The maximum atomic E-state index is 12.5. The van der Waals surface area contributed by atoms with Crippen LogP contribution in [0.15, 0.2) is 21.5 Å². The first-order valence-corrected chi connectivity index (χ1v) is 7.05. The van der Waals surface area contributed by atoms with Gasteiger partial charge in [-0.3, -0.25) is 10.1 Å². The van der Waals surface area contributed by atoms with E-state index in [2.05, 4.69) is 15.9 Å². The molecule has 0 aliphatic rings. The smallest absolute Gasteiger partial charge is 0.258 e. The van der Waals surface area contributed by atoms with Gasteiger partial charge in [0.05, 0.1) is 4.92 Å². The molecule has 0 bridgehead atoms. The first kappa shape index (κ1) is 15.2. The van der Waals surface area contributed by atoms with Gasteiger partial charge in [0.25, 0.3) is 14.7 Å². The fourth-order valence-corrected chi connectivity index (χ4v) is 3.48. The molecule has 100 valence electrons. The standard InChI is InChI=1S/C7H2BrClF3NO4S/c8-5-4(18(9,16)17)2-1-3(7(10,11)12)6(5)13(14)15/h1-2H. The molecular formula is C7H2BrClF3NO4S. The predicted octanol–water partition coefficient (Wildman–Crippen LogP) is 3.30. The minimum absolute atomic E-state index is 0.290. The third-order valence-corrected chi connectivity index (χ3v) is 4.26. The Balaban J connectivity index is 3.75. The summed E-state index contributed by atoms with van der Waals surface area (Å²) >= 11 is 2.46. The van der Waals surface area contributed by atoms with Crippen LogP contribution in [0, 0.1) is 10.1 Å². The van der Waals surface area contributed by atoms with Crippen molar-refractivity contribution in [3.05, 3.63) is 32.3 Å². The van der Waals surface area contributed by atoms with E-state index >= 15 is 0 Å². The number of benzene rings is 1. The van der Waals surface area contributed by atoms with E-state index in [-0.39, 0.29) is 6.07 Å². The highest BCUT2D eigenvalue weighted by molar-refractivity contribution is 9.10. The van der Waals surface area contributed by atoms with Crippen LogP contribution in [0.25, 0.3) is 0 Å². The maximum absolute atomic E-state index is 12.5. The average molecular weight is 369 g/mol. The van der Waals surface area contributed by atoms with E-state index in [1.165, 1.54) is 0 Å². The fraction of sp³-hybridized carbons (Fsp3) is 0.143. The third kappa shape index (κ3) is 2.93. The van der Waals surface area contributed by atoms with Gasteiger partial charge in [-0.2, -0.15) is 13.2 Å². The number of alkyl halides is 3. The molecule has 1 aromatic carbocycles. The highest BCUT2D eigenvalue weighted by Gasteiger charge is 2.41. The largest absolute Gasteiger partial charge is 0.423 e. The van der Waals surface area contributed by atoms with E-state index in [1.807, 2.05) is 0 Å². The molecule has 0 heterocycles. The highest BCUT2D eigenvalue weighted by atomic mass is 79.9. The molecular weight excluding hydrogens is 366 g/mol. The topological polar surface area (TPSA) is 77.3 Å². The van der Waals surface area contributed by atoms with Crippen LogP contribution in [0.2, 0.25) is 0 Å². The monoisotopic (exact) mass is 367 g/mol. The molecule has 0 fully saturated rings. The van der Waals surface area contributed by atoms with Gasteiger partial charge >= 0.3 is 6.18 Å². The normalized spacial score (nSPS) is 12.5. The number of halogens is 5. The summed E-state index contributed by atoms with van der Waals surface area (Å²) < 4.78 is 58.7. The minimum atomic E-state index is -4.99. The van der Waals surface area contributed by atoms with Crippen molar-refractivity contribution in [2.24, 2.45) is 0 Å². The molecule has 18 heavy (non-hydrogen) atoms. The summed E-state index contributed by atoms with van der Waals surface area (Å²) in [5.41, 5.74) is -2.97. The van der Waals surface area contributed by atoms with Crippen molar-refractivity contribution in [1.82, 2.24) is 0 Å². The zero-order valence-electron chi connectivity index (χ0n) is 8.03. The fourth-order valence-electron chi connectivity index (χ4n) is 1.14. The molecule has 0 spiro atoms. The van der Waals surface area contributed by atoms with Gasteiger partial charge in [0.2, 0.25) is 0 Å². The molecule has 0 saturated carbocycles. The van der Waals surface area contributed by atoms with Crippen molar-refractivity contribution in [2.75, 3.05) is 0 Å². The van der Waals surface area contributed by atoms with Crippen molar-refractivity contribution in [3.63, 3.8) is 0 Å². The Morgan fingerprint density at radius 3 is 2.17 bits per heavy atom. The van der Waals surface area contributed by atoms with Crippen LogP contribution in [-0.2, 0) is 15.2 Å². The second-order valence-corrected chi connectivity index (χ2v) is 6.29. The van der Waals surface area contributed by atoms with Gasteiger partial charge in [-0.05, 0) is 28.1 Å². The van der Waals surface area contributed by atoms with Crippen LogP contribution in [-0.4, -0.2) is 13.3 Å². The number of hydrogen-bond acceptors (Lipinski definition) is 4. The van der Waals surface area contributed by atoms with E-state index in [0.717, 1.165) is 0 Å². The second-order valence-electron chi connectivity index (χ2n) is 2.97. The number of nitro benzene ring substituents is 1. The molecule has 11 heteroatoms. The van der Waals surface area contributed by atoms with Crippen LogP contribution >= 0.6 is 26.6 Å². The Bertz CT molecular complexity index is 616. The first-order valence-electron chi connectivity index (χ1n) is 3.95. The SMILES string of the molecule is O=[N+]([O-])c1c(C(F)(F)F)ccc(S(=O)(=O)Cl)c1Br. The molecule has 1 rings (SSSR count). The molecule has 0 N–H and O–H groups in total. The third-order valence-electron chi connectivity index (χ3n) is 1.83. The molecule has 0 saturated heterocycles. The van der Waals surface area contributed by atoms with Crippen LogP contribution in [0.1, 0.15) is 5.56 Å². The van der Waals surface area contributed by atoms with Gasteiger partial charge in [0, 0.05) is 10.7 Å². The Kier molecular flexibility index (Phi) is 3.94. The van der Waals surface area contributed by atoms with Crippen molar-refractivity contribution >= 4 is 41.4 Å². The highest BCUT2D eigenvalue weighted by Crippen LogP contribution is 2.43. The lowest BCUT2D eigenvalue weighted by Gasteiger charge is -2.10. The van der Waals surface area contributed by atoms with Crippen LogP contribution in [0.5, 0.6) is 0 Å². The Hall–Kier alpha value is -0.870. The Labute approximate surface area is 111 Å². The number of hydrogen-bond donors (Lipinski definition) is 0. The molecule has 1 aromatic rings. The zero-order valence-corrected chi connectivity index (χ0v) is 11.2. The van der Waals surface area contributed by atoms with E-state index < -0.39 is 40.8 Å². The lowest BCUT2D eigenvalue weighted by Crippen LogP contribution is -2.10. The Morgan fingerprint density at radius 2 is 1.83 bits per heavy atom. The van der Waals surface area contributed by atoms with Crippen LogP contribution in [0.4, 0.5) is 18.9 Å². The molecule has 0 amide bonds. The predicted molar refractivity (Wildman–Crippen MR) is 58.8 cm³/mol. The van der Waals surface area contributed by atoms with Crippen LogP contribution in [0.3, 0.4) is 0 Å². The maximum Gasteiger partial charge on any atom is 0.423 e. The molecule has 5 nitrogen and oxygen atoms in total. The van der Waals surface area contributed by atoms with Gasteiger partial charge in [0.15, 0.2) is 0 Å². The summed E-state index contributed by atoms with van der Waals surface area (Å²) in [6.45, 7) is 0. The summed E-state index contributed by atoms with van der Waals surface area (Å²) in [7, 11) is 0.547. The summed E-state index contributed by atoms with van der Waals surface area (Å²) in [5.74, 6) is 0. The van der Waals surface area contributed by atoms with Crippen molar-refractivity contribution in [3.8, 4) is 0 Å². The molecule has 0 radical (unpaired) electrons. The minimum Gasteiger partial charge on any atom is -0.258 e. The van der Waals surface area contributed by atoms with E-state index in [4.69, 9.17) is 10.7 Å². The average Bonchev–Trinajstić information content (AvgIpc) is 2.12. The molecule has 0 unspecified atom stereocenters. The van der Waals surface area contributed by atoms with E-state index in [0.29, 0.717) is 6.07 Å². The van der Waals surface area contributed by atoms with Crippen LogP contribution < -0.4 is 0 Å². The van der Waals surface area contributed by atoms with Gasteiger partial charge in [0.1, 0.15) is 14.9 Å². The van der Waals surface area contributed by atoms with Gasteiger partial charge in [-0.1, -0.05) is 0 Å². The number of rotatable bonds is 2. The van der Waals surface area contributed by atoms with Crippen molar-refractivity contribution in [2.45, 2.75) is 11.1 Å². The number of nitrogens with zero attached hydrogens (tertiary/aromatic N) is 1. The second kappa shape index (κ2) is 4.67. The van der Waals surface area contributed by atoms with Crippen molar-refractivity contribution < 1.29 is 26.5 Å². The molecule has 0 aliphatic heterocycles. The van der Waals surface area contributed by atoms with E-state index in [9.17, 15) is 31.7 Å². The first-order chi connectivity index (χ1) is 7.96. The molecule has 0 aromatic heterocycles. The zero-order chi connectivity index (χ0) is 14.3.